The molecule has 3 aliphatic heterocycles. The summed E-state index contributed by atoms with van der Waals surface area (Å²) in [5, 5.41) is 3.57. The van der Waals surface area contributed by atoms with Crippen molar-refractivity contribution in [1.82, 2.24) is 20.0 Å². The predicted octanol–water partition coefficient (Wildman–Crippen LogP) is 2.44. The lowest BCUT2D eigenvalue weighted by atomic mass is 10.0. The highest BCUT2D eigenvalue weighted by molar-refractivity contribution is 6.00. The van der Waals surface area contributed by atoms with Crippen molar-refractivity contribution in [3.8, 4) is 5.75 Å². The third-order valence-electron chi connectivity index (χ3n) is 6.95. The van der Waals surface area contributed by atoms with Crippen LogP contribution in [0.2, 0.25) is 0 Å². The molecule has 2 aromatic carbocycles. The van der Waals surface area contributed by atoms with Crippen LogP contribution >= 0.6 is 0 Å². The van der Waals surface area contributed by atoms with Gasteiger partial charge in [-0.15, -0.1) is 0 Å². The highest BCUT2D eigenvalue weighted by atomic mass is 16.5. The maximum absolute atomic E-state index is 13.7. The predicted molar refractivity (Wildman–Crippen MR) is 126 cm³/mol. The first-order valence-electron chi connectivity index (χ1n) is 11.4. The number of anilines is 1. The van der Waals surface area contributed by atoms with Gasteiger partial charge in [0.2, 0.25) is 0 Å². The number of amides is 3. The highest BCUT2D eigenvalue weighted by Gasteiger charge is 2.56. The highest BCUT2D eigenvalue weighted by Crippen LogP contribution is 2.35. The summed E-state index contributed by atoms with van der Waals surface area (Å²) in [6, 6.07) is 15.3. The second-order valence-electron chi connectivity index (χ2n) is 9.39. The zero-order valence-corrected chi connectivity index (χ0v) is 19.6. The number of urea groups is 1. The molecular formula is C25H31N5O3. The van der Waals surface area contributed by atoms with E-state index in [-0.39, 0.29) is 30.9 Å². The number of methoxy groups -OCH3 is 1. The fraction of sp³-hybridized carbons (Fsp3) is 0.440. The molecule has 8 heteroatoms. The Balaban J connectivity index is 1.43. The quantitative estimate of drug-likeness (QED) is 0.774. The molecule has 3 heterocycles. The first-order valence-corrected chi connectivity index (χ1v) is 11.4. The lowest BCUT2D eigenvalue weighted by Crippen LogP contribution is -2.66. The summed E-state index contributed by atoms with van der Waals surface area (Å²) >= 11 is 0. The van der Waals surface area contributed by atoms with E-state index in [0.717, 1.165) is 35.7 Å². The number of hydrogen-bond donors (Lipinski definition) is 1. The summed E-state index contributed by atoms with van der Waals surface area (Å²) in [5.74, 6) is 1.04. The second-order valence-corrected chi connectivity index (χ2v) is 9.39. The van der Waals surface area contributed by atoms with Crippen molar-refractivity contribution in [2.75, 3.05) is 32.1 Å². The maximum Gasteiger partial charge on any atom is 0.328 e. The molecule has 0 saturated carbocycles. The number of rotatable bonds is 4. The zero-order chi connectivity index (χ0) is 23.3. The van der Waals surface area contributed by atoms with Crippen molar-refractivity contribution in [2.24, 2.45) is 5.92 Å². The third kappa shape index (κ3) is 3.73. The summed E-state index contributed by atoms with van der Waals surface area (Å²) in [6.45, 7) is 6.15. The van der Waals surface area contributed by atoms with Crippen LogP contribution in [0.3, 0.4) is 0 Å². The van der Waals surface area contributed by atoms with E-state index in [9.17, 15) is 9.59 Å². The van der Waals surface area contributed by atoms with Crippen molar-refractivity contribution >= 4 is 17.6 Å². The molecule has 3 saturated heterocycles. The lowest BCUT2D eigenvalue weighted by Gasteiger charge is -2.46. The van der Waals surface area contributed by atoms with Crippen molar-refractivity contribution in [1.29, 1.82) is 0 Å². The lowest BCUT2D eigenvalue weighted by molar-refractivity contribution is -0.139. The standard InChI is InChI=1S/C25H31N5O3/c1-16-5-7-18(8-6-16)15-30-23(31)21-22(27(3)25(30)32)26-24-28(13-17(2)14-29(21)24)19-9-11-20(33-4)12-10-19/h5-12,17,21-22,24,26H,13-15H2,1-4H3. The number of aryl methyl sites for hydroxylation is 1. The minimum atomic E-state index is -0.424. The van der Waals surface area contributed by atoms with E-state index >= 15 is 0 Å². The average molecular weight is 450 g/mol. The Morgan fingerprint density at radius 2 is 1.73 bits per heavy atom. The molecule has 0 spiro atoms. The van der Waals surface area contributed by atoms with Crippen LogP contribution in [-0.2, 0) is 11.3 Å². The molecule has 3 amide bonds. The number of ether oxygens (including phenoxy) is 1. The third-order valence-corrected chi connectivity index (χ3v) is 6.95. The van der Waals surface area contributed by atoms with Gasteiger partial charge in [-0.05, 0) is 42.7 Å². The van der Waals surface area contributed by atoms with Crippen LogP contribution in [0.1, 0.15) is 18.1 Å². The topological polar surface area (TPSA) is 68.4 Å². The number of fused-ring (bicyclic) bond motifs is 3. The molecule has 4 atom stereocenters. The summed E-state index contributed by atoms with van der Waals surface area (Å²) in [4.78, 5) is 34.4. The van der Waals surface area contributed by atoms with Gasteiger partial charge in [0, 0.05) is 25.8 Å². The Morgan fingerprint density at radius 3 is 2.39 bits per heavy atom. The molecule has 0 radical (unpaired) electrons. The first-order chi connectivity index (χ1) is 15.9. The molecule has 3 aliphatic rings. The summed E-state index contributed by atoms with van der Waals surface area (Å²) in [7, 11) is 3.44. The number of benzene rings is 2. The molecule has 5 rings (SSSR count). The number of likely N-dealkylation sites (N-methyl/N-ethyl adjacent to an activating group) is 1. The van der Waals surface area contributed by atoms with Crippen LogP contribution in [0.25, 0.3) is 0 Å². The van der Waals surface area contributed by atoms with Gasteiger partial charge in [-0.25, -0.2) is 4.79 Å². The Morgan fingerprint density at radius 1 is 1.03 bits per heavy atom. The summed E-state index contributed by atoms with van der Waals surface area (Å²) in [5.41, 5.74) is 3.15. The van der Waals surface area contributed by atoms with Gasteiger partial charge in [0.25, 0.3) is 5.91 Å². The van der Waals surface area contributed by atoms with E-state index in [0.29, 0.717) is 5.92 Å². The molecule has 33 heavy (non-hydrogen) atoms. The van der Waals surface area contributed by atoms with E-state index in [2.05, 4.69) is 22.0 Å². The molecule has 174 valence electrons. The first kappa shape index (κ1) is 21.7. The summed E-state index contributed by atoms with van der Waals surface area (Å²) < 4.78 is 5.31. The smallest absolute Gasteiger partial charge is 0.328 e. The average Bonchev–Trinajstić information content (AvgIpc) is 3.21. The van der Waals surface area contributed by atoms with E-state index < -0.39 is 6.04 Å². The van der Waals surface area contributed by atoms with Gasteiger partial charge in [-0.1, -0.05) is 36.8 Å². The molecule has 8 nitrogen and oxygen atoms in total. The van der Waals surface area contributed by atoms with Gasteiger partial charge in [0.1, 0.15) is 24.2 Å². The Hall–Kier alpha value is -3.10. The monoisotopic (exact) mass is 449 g/mol. The van der Waals surface area contributed by atoms with Crippen LogP contribution in [-0.4, -0.2) is 72.4 Å². The fourth-order valence-corrected chi connectivity index (χ4v) is 5.21. The van der Waals surface area contributed by atoms with Crippen LogP contribution in [0.4, 0.5) is 10.5 Å². The number of carbonyl (C=O) groups excluding carboxylic acids is 2. The van der Waals surface area contributed by atoms with Crippen molar-refractivity contribution < 1.29 is 14.3 Å². The molecule has 1 N–H and O–H groups in total. The molecule has 2 aromatic rings. The van der Waals surface area contributed by atoms with Crippen LogP contribution < -0.4 is 15.0 Å². The van der Waals surface area contributed by atoms with E-state index in [4.69, 9.17) is 4.74 Å². The Bertz CT molecular complexity index is 1040. The van der Waals surface area contributed by atoms with Crippen molar-refractivity contribution in [2.45, 2.75) is 38.9 Å². The largest absolute Gasteiger partial charge is 0.497 e. The van der Waals surface area contributed by atoms with Crippen molar-refractivity contribution in [3.63, 3.8) is 0 Å². The normalized spacial score (nSPS) is 27.6. The van der Waals surface area contributed by atoms with Gasteiger partial charge in [0.05, 0.1) is 13.7 Å². The number of hydrogen-bond acceptors (Lipinski definition) is 6. The van der Waals surface area contributed by atoms with Gasteiger partial charge in [0.15, 0.2) is 0 Å². The zero-order valence-electron chi connectivity index (χ0n) is 19.6. The molecule has 0 aromatic heterocycles. The minimum absolute atomic E-state index is 0.137. The van der Waals surface area contributed by atoms with E-state index in [1.807, 2.05) is 55.5 Å². The molecule has 3 fully saturated rings. The van der Waals surface area contributed by atoms with E-state index in [1.165, 1.54) is 4.90 Å². The Labute approximate surface area is 194 Å². The Kier molecular flexibility index (Phi) is 5.50. The van der Waals surface area contributed by atoms with Crippen LogP contribution in [0.5, 0.6) is 5.75 Å². The maximum atomic E-state index is 13.7. The number of imide groups is 1. The molecule has 0 aliphatic carbocycles. The van der Waals surface area contributed by atoms with Crippen molar-refractivity contribution in [3.05, 3.63) is 59.7 Å². The minimum Gasteiger partial charge on any atom is -0.497 e. The molecule has 0 bridgehead atoms. The number of nitrogens with one attached hydrogen (secondary N) is 1. The second kappa shape index (κ2) is 8.35. The van der Waals surface area contributed by atoms with Crippen LogP contribution in [0, 0.1) is 12.8 Å². The molecule has 4 unspecified atom stereocenters. The number of carbonyl (C=O) groups is 2. The fourth-order valence-electron chi connectivity index (χ4n) is 5.21. The SMILES string of the molecule is COc1ccc(N2CC(C)CN3C4C(=O)N(Cc5ccc(C)cc5)C(=O)N(C)C4NC23)cc1. The van der Waals surface area contributed by atoms with E-state index in [1.54, 1.807) is 19.1 Å². The van der Waals surface area contributed by atoms with Gasteiger partial charge < -0.3 is 14.5 Å². The van der Waals surface area contributed by atoms with Crippen LogP contribution in [0.15, 0.2) is 48.5 Å². The number of nitrogens with zero attached hydrogens (tertiary/aromatic N) is 4. The molecular weight excluding hydrogens is 418 g/mol. The van der Waals surface area contributed by atoms with Gasteiger partial charge in [-0.3, -0.25) is 19.9 Å². The van der Waals surface area contributed by atoms with Gasteiger partial charge in [-0.2, -0.15) is 0 Å². The summed E-state index contributed by atoms with van der Waals surface area (Å²) in [6.07, 6.45) is -0.529. The van der Waals surface area contributed by atoms with Gasteiger partial charge >= 0.3 is 6.03 Å².